The highest BCUT2D eigenvalue weighted by molar-refractivity contribution is 6.12. The Kier molecular flexibility index (Phi) is 12.4. The maximum atomic E-state index is 13.9. The van der Waals surface area contributed by atoms with Gasteiger partial charge >= 0.3 is 0 Å². The van der Waals surface area contributed by atoms with Gasteiger partial charge in [-0.1, -0.05) is 18.2 Å². The summed E-state index contributed by atoms with van der Waals surface area (Å²) in [7, 11) is 0. The zero-order valence-corrected chi connectivity index (χ0v) is 42.8. The lowest BCUT2D eigenvalue weighted by Crippen LogP contribution is -2.37. The molecule has 6 amide bonds. The molecule has 3 aromatic carbocycles. The molecule has 3 aromatic heterocycles. The minimum absolute atomic E-state index is 0.0477. The van der Waals surface area contributed by atoms with Crippen LogP contribution in [0.3, 0.4) is 0 Å². The second-order valence-corrected chi connectivity index (χ2v) is 22.1. The lowest BCUT2D eigenvalue weighted by atomic mass is 9.86. The van der Waals surface area contributed by atoms with E-state index in [0.717, 1.165) is 84.2 Å². The summed E-state index contributed by atoms with van der Waals surface area (Å²) in [6.45, 7) is 10.1. The minimum atomic E-state index is -0.669. The zero-order chi connectivity index (χ0) is 53.4. The number of hydrogen-bond acceptors (Lipinski definition) is 9. The number of fused-ring (bicyclic) bond motifs is 4. The molecule has 0 bridgehead atoms. The van der Waals surface area contributed by atoms with Crippen LogP contribution in [0.25, 0.3) is 0 Å². The molecule has 1 spiro atoms. The lowest BCUT2D eigenvalue weighted by Gasteiger charge is -2.20. The predicted octanol–water partition coefficient (Wildman–Crippen LogP) is 10.0. The Morgan fingerprint density at radius 1 is 0.645 bits per heavy atom. The van der Waals surface area contributed by atoms with Crippen molar-refractivity contribution in [1.82, 2.24) is 15.0 Å². The molecule has 0 saturated heterocycles. The topological polar surface area (TPSA) is 196 Å². The summed E-state index contributed by atoms with van der Waals surface area (Å²) in [5.41, 5.74) is 6.87. The number of rotatable bonds is 10. The molecule has 1 unspecified atom stereocenters. The Bertz CT molecular complexity index is 3410. The van der Waals surface area contributed by atoms with Crippen molar-refractivity contribution in [3.8, 4) is 0 Å². The van der Waals surface area contributed by atoms with Gasteiger partial charge < -0.3 is 31.1 Å². The first-order chi connectivity index (χ1) is 36.3. The molecule has 4 fully saturated rings. The molecule has 7 aliphatic rings. The standard InChI is InChI=1S/2C20H20FN3O2.C19H17N3O2/c1-11-8-14(16(21)10-22-11)18(25)23-12-4-7-15-17(9-12)24(13-5-6-13)19(26)20(15,2)3;1-20(2)15-6-5-13(23-18(25)14-7-8-22-10-16(14)21)9-17(15)24(19(20)26)11-12-3-4-12;23-17(12-5-7-20-8-6-12)21-13-3-4-14-16(9-13)22-18(24)19(14)10-15(19)11-1-2-11/h4,7-10,13H,5-6H2,1-3H3,(H,23,25);5-10,12H,3-4,11H2,1-2H3,(H,23,25);3-9,11,15H,1-2,10H2,(H,21,23)(H,22,24)/t;;15?,19-/m..0/s1. The zero-order valence-electron chi connectivity index (χ0n) is 42.8. The van der Waals surface area contributed by atoms with Crippen LogP contribution in [0.5, 0.6) is 0 Å². The van der Waals surface area contributed by atoms with E-state index in [1.807, 2.05) is 73.9 Å². The van der Waals surface area contributed by atoms with Crippen LogP contribution in [-0.4, -0.2) is 63.0 Å². The van der Waals surface area contributed by atoms with Gasteiger partial charge in [0.15, 0.2) is 11.6 Å². The van der Waals surface area contributed by atoms with Crippen molar-refractivity contribution in [1.29, 1.82) is 0 Å². The number of carbonyl (C=O) groups is 6. The van der Waals surface area contributed by atoms with Crippen LogP contribution in [0.2, 0.25) is 0 Å². The lowest BCUT2D eigenvalue weighted by molar-refractivity contribution is -0.122. The highest BCUT2D eigenvalue weighted by Crippen LogP contribution is 2.67. The summed E-state index contributed by atoms with van der Waals surface area (Å²) in [5, 5.41) is 11.3. The molecule has 3 aliphatic heterocycles. The number of nitrogens with zero attached hydrogens (tertiary/aromatic N) is 5. The van der Waals surface area contributed by atoms with Crippen molar-refractivity contribution in [2.45, 2.75) is 102 Å². The minimum Gasteiger partial charge on any atom is -0.325 e. The third-order valence-corrected chi connectivity index (χ3v) is 15.8. The summed E-state index contributed by atoms with van der Waals surface area (Å²) in [6.07, 6.45) is 14.4. The van der Waals surface area contributed by atoms with Gasteiger partial charge in [0.1, 0.15) is 0 Å². The Morgan fingerprint density at radius 2 is 1.22 bits per heavy atom. The summed E-state index contributed by atoms with van der Waals surface area (Å²) in [6, 6.07) is 23.0. The smallest absolute Gasteiger partial charge is 0.258 e. The molecular weight excluding hydrogens is 969 g/mol. The van der Waals surface area contributed by atoms with Crippen molar-refractivity contribution in [3.05, 3.63) is 161 Å². The number of aryl methyl sites for hydroxylation is 1. The van der Waals surface area contributed by atoms with E-state index >= 15 is 0 Å². The monoisotopic (exact) mass is 1030 g/mol. The molecule has 17 heteroatoms. The molecule has 4 aliphatic carbocycles. The summed E-state index contributed by atoms with van der Waals surface area (Å²) < 4.78 is 27.6. The first-order valence-corrected chi connectivity index (χ1v) is 25.8. The van der Waals surface area contributed by atoms with Crippen molar-refractivity contribution < 1.29 is 37.5 Å². The van der Waals surface area contributed by atoms with E-state index in [2.05, 4.69) is 36.2 Å². The fraction of sp³-hybridized carbons (Fsp3) is 0.339. The SMILES string of the molecule is CC1(C)C(=O)N(CC2CC2)c2cc(NC(=O)c3ccncc3F)ccc21.Cc1cc(C(=O)Nc2ccc3c(c2)N(C2CC2)C(=O)C3(C)C)c(F)cn1.O=C(Nc1ccc2c(c1)NC(=O)[C@@]21CC1C1CC1)c1ccncc1. The maximum absolute atomic E-state index is 13.9. The first kappa shape index (κ1) is 50.0. The molecule has 76 heavy (non-hydrogen) atoms. The summed E-state index contributed by atoms with van der Waals surface area (Å²) in [4.78, 5) is 90.2. The van der Waals surface area contributed by atoms with E-state index in [1.54, 1.807) is 49.6 Å². The molecule has 6 aromatic rings. The number of aromatic nitrogens is 3. The van der Waals surface area contributed by atoms with Crippen molar-refractivity contribution in [2.24, 2.45) is 17.8 Å². The van der Waals surface area contributed by atoms with Gasteiger partial charge in [0.05, 0.1) is 45.5 Å². The van der Waals surface area contributed by atoms with Crippen molar-refractivity contribution in [3.63, 3.8) is 0 Å². The predicted molar refractivity (Wildman–Crippen MR) is 283 cm³/mol. The van der Waals surface area contributed by atoms with Gasteiger partial charge in [0.25, 0.3) is 17.7 Å². The molecule has 4 N–H and O–H groups in total. The second kappa shape index (κ2) is 18.9. The second-order valence-electron chi connectivity index (χ2n) is 22.1. The number of nitrogens with one attached hydrogen (secondary N) is 4. The van der Waals surface area contributed by atoms with Crippen LogP contribution in [0, 0.1) is 36.3 Å². The Balaban J connectivity index is 0.000000122. The molecular formula is C59H57F2N9O6. The van der Waals surface area contributed by atoms with Gasteiger partial charge in [-0.25, -0.2) is 8.78 Å². The number of anilines is 6. The van der Waals surface area contributed by atoms with Crippen LogP contribution < -0.4 is 31.1 Å². The van der Waals surface area contributed by atoms with E-state index in [9.17, 15) is 37.5 Å². The van der Waals surface area contributed by atoms with Crippen LogP contribution in [0.4, 0.5) is 42.9 Å². The van der Waals surface area contributed by atoms with Crippen LogP contribution in [0.1, 0.15) is 126 Å². The van der Waals surface area contributed by atoms with Gasteiger partial charge in [-0.3, -0.25) is 43.7 Å². The van der Waals surface area contributed by atoms with Crippen LogP contribution in [-0.2, 0) is 30.6 Å². The Hall–Kier alpha value is -8.21. The van der Waals surface area contributed by atoms with Crippen molar-refractivity contribution >= 4 is 69.6 Å². The van der Waals surface area contributed by atoms with E-state index in [0.29, 0.717) is 46.7 Å². The van der Waals surface area contributed by atoms with Gasteiger partial charge in [-0.15, -0.1) is 0 Å². The summed E-state index contributed by atoms with van der Waals surface area (Å²) >= 11 is 0. The maximum Gasteiger partial charge on any atom is 0.258 e. The molecule has 4 saturated carbocycles. The Labute approximate surface area is 438 Å². The Morgan fingerprint density at radius 3 is 1.87 bits per heavy atom. The quantitative estimate of drug-likeness (QED) is 0.103. The molecule has 2 atom stereocenters. The van der Waals surface area contributed by atoms with Gasteiger partial charge in [-0.05, 0) is 175 Å². The average Bonchev–Trinajstić information content (AvgIpc) is 4.28. The number of benzene rings is 3. The van der Waals surface area contributed by atoms with Gasteiger partial charge in [-0.2, -0.15) is 0 Å². The third kappa shape index (κ3) is 9.25. The molecule has 6 heterocycles. The number of halogens is 2. The molecule has 0 radical (unpaired) electrons. The molecule has 388 valence electrons. The number of carbonyl (C=O) groups excluding carboxylic acids is 6. The van der Waals surface area contributed by atoms with Crippen LogP contribution in [0.15, 0.2) is 110 Å². The molecule has 13 rings (SSSR count). The highest BCUT2D eigenvalue weighted by atomic mass is 19.1. The van der Waals surface area contributed by atoms with E-state index in [4.69, 9.17) is 0 Å². The number of pyridine rings is 3. The average molecular weight is 1030 g/mol. The van der Waals surface area contributed by atoms with E-state index in [1.165, 1.54) is 31.2 Å². The normalized spacial score (nSPS) is 20.8. The molecule has 15 nitrogen and oxygen atoms in total. The fourth-order valence-corrected chi connectivity index (χ4v) is 11.0. The van der Waals surface area contributed by atoms with Gasteiger partial charge in [0, 0.05) is 70.9 Å². The third-order valence-electron chi connectivity index (χ3n) is 15.8. The largest absolute Gasteiger partial charge is 0.325 e. The fourth-order valence-electron chi connectivity index (χ4n) is 11.0. The number of amides is 6. The van der Waals surface area contributed by atoms with Gasteiger partial charge in [0.2, 0.25) is 17.7 Å². The van der Waals surface area contributed by atoms with E-state index < -0.39 is 34.3 Å². The van der Waals surface area contributed by atoms with Crippen molar-refractivity contribution in [2.75, 3.05) is 37.6 Å². The summed E-state index contributed by atoms with van der Waals surface area (Å²) in [5.74, 6) is -0.476. The highest BCUT2D eigenvalue weighted by Gasteiger charge is 2.68. The van der Waals surface area contributed by atoms with Crippen LogP contribution >= 0.6 is 0 Å². The number of hydrogen-bond donors (Lipinski definition) is 4. The van der Waals surface area contributed by atoms with E-state index in [-0.39, 0.29) is 46.2 Å². The first-order valence-electron chi connectivity index (χ1n) is 25.8.